The van der Waals surface area contributed by atoms with Gasteiger partial charge in [-0.15, -0.1) is 12.4 Å². The number of halogens is 1. The van der Waals surface area contributed by atoms with Crippen molar-refractivity contribution in [2.24, 2.45) is 11.8 Å². The molecular formula is C14H28ClN3O2. The molecule has 0 aromatic carbocycles. The van der Waals surface area contributed by atoms with Crippen molar-refractivity contribution in [2.45, 2.75) is 46.1 Å². The molecule has 1 unspecified atom stereocenters. The molecule has 0 aliphatic carbocycles. The summed E-state index contributed by atoms with van der Waals surface area (Å²) in [4.78, 5) is 23.2. The maximum absolute atomic E-state index is 11.8. The first-order valence-corrected chi connectivity index (χ1v) is 7.25. The van der Waals surface area contributed by atoms with Gasteiger partial charge in [0.25, 0.3) is 0 Å². The lowest BCUT2D eigenvalue weighted by Crippen LogP contribution is -2.40. The standard InChI is InChI=1S/C14H27N3O2.ClH/c1-10(2)17-14(19)9-16-13(18)8-11(3)12-4-6-15-7-5-12;/h10-12,15H,4-9H2,1-3H3,(H,16,18)(H,17,19);1H. The van der Waals surface area contributed by atoms with Crippen LogP contribution in [0.5, 0.6) is 0 Å². The van der Waals surface area contributed by atoms with E-state index in [1.54, 1.807) is 0 Å². The second-order valence-corrected chi connectivity index (χ2v) is 5.77. The van der Waals surface area contributed by atoms with Crippen LogP contribution in [-0.4, -0.2) is 37.5 Å². The number of carbonyl (C=O) groups is 2. The molecule has 6 heteroatoms. The maximum Gasteiger partial charge on any atom is 0.239 e. The van der Waals surface area contributed by atoms with Gasteiger partial charge < -0.3 is 16.0 Å². The van der Waals surface area contributed by atoms with Crippen molar-refractivity contribution in [1.29, 1.82) is 0 Å². The Kier molecular flexibility index (Phi) is 9.59. The summed E-state index contributed by atoms with van der Waals surface area (Å²) in [6.07, 6.45) is 2.80. The predicted molar refractivity (Wildman–Crippen MR) is 82.9 cm³/mol. The summed E-state index contributed by atoms with van der Waals surface area (Å²) < 4.78 is 0. The number of hydrogen-bond acceptors (Lipinski definition) is 3. The van der Waals surface area contributed by atoms with Gasteiger partial charge in [-0.3, -0.25) is 9.59 Å². The van der Waals surface area contributed by atoms with Crippen molar-refractivity contribution >= 4 is 24.2 Å². The summed E-state index contributed by atoms with van der Waals surface area (Å²) in [7, 11) is 0. The third-order valence-corrected chi connectivity index (χ3v) is 3.59. The van der Waals surface area contributed by atoms with Gasteiger partial charge in [-0.25, -0.2) is 0 Å². The molecule has 1 aliphatic rings. The first-order chi connectivity index (χ1) is 8.99. The lowest BCUT2D eigenvalue weighted by atomic mass is 9.84. The average molecular weight is 306 g/mol. The molecule has 1 atom stereocenters. The molecule has 1 rings (SSSR count). The molecule has 20 heavy (non-hydrogen) atoms. The number of rotatable bonds is 6. The van der Waals surface area contributed by atoms with Crippen LogP contribution in [0.15, 0.2) is 0 Å². The van der Waals surface area contributed by atoms with Gasteiger partial charge >= 0.3 is 0 Å². The molecule has 1 heterocycles. The van der Waals surface area contributed by atoms with E-state index in [0.29, 0.717) is 18.3 Å². The van der Waals surface area contributed by atoms with Crippen molar-refractivity contribution < 1.29 is 9.59 Å². The van der Waals surface area contributed by atoms with Crippen LogP contribution in [-0.2, 0) is 9.59 Å². The Balaban J connectivity index is 0.00000361. The molecule has 2 amide bonds. The largest absolute Gasteiger partial charge is 0.352 e. The Morgan fingerprint density at radius 3 is 2.30 bits per heavy atom. The predicted octanol–water partition coefficient (Wildman–Crippen LogP) is 1.07. The number of amides is 2. The minimum atomic E-state index is -0.127. The van der Waals surface area contributed by atoms with Crippen LogP contribution >= 0.6 is 12.4 Å². The van der Waals surface area contributed by atoms with E-state index in [2.05, 4.69) is 22.9 Å². The van der Waals surface area contributed by atoms with Crippen molar-refractivity contribution in [3.63, 3.8) is 0 Å². The van der Waals surface area contributed by atoms with Gasteiger partial charge in [0.05, 0.1) is 6.54 Å². The fourth-order valence-corrected chi connectivity index (χ4v) is 2.50. The third-order valence-electron chi connectivity index (χ3n) is 3.59. The van der Waals surface area contributed by atoms with Crippen molar-refractivity contribution in [3.8, 4) is 0 Å². The summed E-state index contributed by atoms with van der Waals surface area (Å²) in [5.41, 5.74) is 0. The second-order valence-electron chi connectivity index (χ2n) is 5.77. The number of hydrogen-bond donors (Lipinski definition) is 3. The van der Waals surface area contributed by atoms with Crippen LogP contribution in [0.2, 0.25) is 0 Å². The Hall–Kier alpha value is -0.810. The summed E-state index contributed by atoms with van der Waals surface area (Å²) in [5, 5.41) is 8.77. The van der Waals surface area contributed by atoms with E-state index < -0.39 is 0 Å². The fraction of sp³-hybridized carbons (Fsp3) is 0.857. The molecule has 3 N–H and O–H groups in total. The molecule has 0 radical (unpaired) electrons. The van der Waals surface area contributed by atoms with Gasteiger partial charge in [0.15, 0.2) is 0 Å². The van der Waals surface area contributed by atoms with Crippen LogP contribution in [0.1, 0.15) is 40.0 Å². The van der Waals surface area contributed by atoms with Gasteiger partial charge in [-0.05, 0) is 51.6 Å². The minimum absolute atomic E-state index is 0. The van der Waals surface area contributed by atoms with E-state index in [4.69, 9.17) is 0 Å². The van der Waals surface area contributed by atoms with Crippen LogP contribution < -0.4 is 16.0 Å². The van der Waals surface area contributed by atoms with Gasteiger partial charge in [0.2, 0.25) is 11.8 Å². The molecule has 1 fully saturated rings. The summed E-state index contributed by atoms with van der Waals surface area (Å²) in [6.45, 7) is 8.11. The number of piperidine rings is 1. The van der Waals surface area contributed by atoms with E-state index in [0.717, 1.165) is 25.9 Å². The first kappa shape index (κ1) is 19.2. The quantitative estimate of drug-likeness (QED) is 0.687. The molecule has 118 valence electrons. The SMILES string of the molecule is CC(C)NC(=O)CNC(=O)CC(C)C1CCNCC1.Cl. The lowest BCUT2D eigenvalue weighted by molar-refractivity contribution is -0.127. The Morgan fingerprint density at radius 1 is 1.15 bits per heavy atom. The van der Waals surface area contributed by atoms with E-state index in [1.165, 1.54) is 0 Å². The Bertz CT molecular complexity index is 305. The van der Waals surface area contributed by atoms with Gasteiger partial charge in [-0.2, -0.15) is 0 Å². The highest BCUT2D eigenvalue weighted by molar-refractivity contribution is 5.85. The molecule has 0 bridgehead atoms. The molecule has 5 nitrogen and oxygen atoms in total. The highest BCUT2D eigenvalue weighted by Gasteiger charge is 2.22. The minimum Gasteiger partial charge on any atom is -0.352 e. The molecule has 0 aromatic rings. The van der Waals surface area contributed by atoms with Gasteiger partial charge in [0, 0.05) is 12.5 Å². The van der Waals surface area contributed by atoms with E-state index in [9.17, 15) is 9.59 Å². The zero-order chi connectivity index (χ0) is 14.3. The molecule has 1 aliphatic heterocycles. The monoisotopic (exact) mass is 305 g/mol. The van der Waals surface area contributed by atoms with Gasteiger partial charge in [-0.1, -0.05) is 6.92 Å². The topological polar surface area (TPSA) is 70.2 Å². The molecule has 1 saturated heterocycles. The normalized spacial score (nSPS) is 17.2. The third kappa shape index (κ3) is 7.70. The molecule has 0 spiro atoms. The molecule has 0 aromatic heterocycles. The zero-order valence-electron chi connectivity index (χ0n) is 12.7. The number of nitrogens with one attached hydrogen (secondary N) is 3. The van der Waals surface area contributed by atoms with Crippen LogP contribution in [0, 0.1) is 11.8 Å². The van der Waals surface area contributed by atoms with Crippen LogP contribution in [0.4, 0.5) is 0 Å². The second kappa shape index (κ2) is 10.00. The summed E-state index contributed by atoms with van der Waals surface area (Å²) in [5.74, 6) is 0.856. The smallest absolute Gasteiger partial charge is 0.239 e. The van der Waals surface area contributed by atoms with Crippen molar-refractivity contribution in [1.82, 2.24) is 16.0 Å². The van der Waals surface area contributed by atoms with E-state index in [-0.39, 0.29) is 36.8 Å². The lowest BCUT2D eigenvalue weighted by Gasteiger charge is -2.27. The van der Waals surface area contributed by atoms with Gasteiger partial charge in [0.1, 0.15) is 0 Å². The van der Waals surface area contributed by atoms with Crippen LogP contribution in [0.3, 0.4) is 0 Å². The Morgan fingerprint density at radius 2 is 1.75 bits per heavy atom. The molecular weight excluding hydrogens is 278 g/mol. The fourth-order valence-electron chi connectivity index (χ4n) is 2.50. The summed E-state index contributed by atoms with van der Waals surface area (Å²) >= 11 is 0. The van der Waals surface area contributed by atoms with E-state index in [1.807, 2.05) is 13.8 Å². The highest BCUT2D eigenvalue weighted by atomic mass is 35.5. The number of carbonyl (C=O) groups excluding carboxylic acids is 2. The van der Waals surface area contributed by atoms with E-state index >= 15 is 0 Å². The zero-order valence-corrected chi connectivity index (χ0v) is 13.5. The maximum atomic E-state index is 11.8. The summed E-state index contributed by atoms with van der Waals surface area (Å²) in [6, 6.07) is 0.109. The van der Waals surface area contributed by atoms with Crippen molar-refractivity contribution in [3.05, 3.63) is 0 Å². The Labute approximate surface area is 128 Å². The first-order valence-electron chi connectivity index (χ1n) is 7.25. The van der Waals surface area contributed by atoms with Crippen LogP contribution in [0.25, 0.3) is 0 Å². The van der Waals surface area contributed by atoms with Crippen molar-refractivity contribution in [2.75, 3.05) is 19.6 Å². The highest BCUT2D eigenvalue weighted by Crippen LogP contribution is 2.23. The molecule has 0 saturated carbocycles. The average Bonchev–Trinajstić information content (AvgIpc) is 2.36.